The molecule has 2 saturated heterocycles. The Bertz CT molecular complexity index is 1380. The van der Waals surface area contributed by atoms with Crippen molar-refractivity contribution in [3.05, 3.63) is 89.0 Å². The van der Waals surface area contributed by atoms with Crippen LogP contribution in [0.5, 0.6) is 11.5 Å². The lowest BCUT2D eigenvalue weighted by molar-refractivity contribution is -0.127. The van der Waals surface area contributed by atoms with Crippen LogP contribution in [0.4, 0.5) is 5.69 Å². The van der Waals surface area contributed by atoms with Crippen molar-refractivity contribution in [3.8, 4) is 11.5 Å². The van der Waals surface area contributed by atoms with Gasteiger partial charge in [-0.25, -0.2) is 0 Å². The molecule has 1 spiro atoms. The van der Waals surface area contributed by atoms with E-state index >= 15 is 0 Å². The molecule has 4 aliphatic rings. The first-order valence-electron chi connectivity index (χ1n) is 11.8. The summed E-state index contributed by atoms with van der Waals surface area (Å²) in [4.78, 5) is 30.9. The molecule has 0 saturated carbocycles. The minimum atomic E-state index is -1.07. The van der Waals surface area contributed by atoms with Crippen LogP contribution in [0.2, 0.25) is 0 Å². The topological polar surface area (TPSA) is 67.9 Å². The van der Waals surface area contributed by atoms with Gasteiger partial charge in [0.25, 0.3) is 0 Å². The quantitative estimate of drug-likeness (QED) is 0.551. The molecule has 0 unspecified atom stereocenters. The molecule has 3 aromatic rings. The Hall–Kier alpha value is -3.29. The number of rotatable bonds is 3. The van der Waals surface area contributed by atoms with Crippen LogP contribution in [-0.2, 0) is 10.3 Å². The molecule has 3 aromatic carbocycles. The van der Waals surface area contributed by atoms with E-state index in [4.69, 9.17) is 9.47 Å². The van der Waals surface area contributed by atoms with Crippen molar-refractivity contribution < 1.29 is 19.1 Å². The monoisotopic (exact) mass is 484 g/mol. The second-order valence-corrected chi connectivity index (χ2v) is 10.7. The van der Waals surface area contributed by atoms with E-state index in [9.17, 15) is 9.59 Å². The van der Waals surface area contributed by atoms with Crippen molar-refractivity contribution in [2.24, 2.45) is 5.92 Å². The van der Waals surface area contributed by atoms with E-state index in [-0.39, 0.29) is 30.4 Å². The Kier molecular flexibility index (Phi) is 4.57. The molecule has 7 heteroatoms. The molecule has 176 valence electrons. The van der Waals surface area contributed by atoms with Gasteiger partial charge in [-0.1, -0.05) is 48.0 Å². The Morgan fingerprint density at radius 2 is 1.89 bits per heavy atom. The molecule has 4 heterocycles. The fourth-order valence-corrected chi connectivity index (χ4v) is 7.79. The average Bonchev–Trinajstić information content (AvgIpc) is 3.63. The molecule has 6 nitrogen and oxygen atoms in total. The number of aryl methyl sites for hydroxylation is 1. The second kappa shape index (κ2) is 7.60. The normalized spacial score (nSPS) is 28.3. The van der Waals surface area contributed by atoms with Crippen molar-refractivity contribution in [2.45, 2.75) is 24.4 Å². The molecule has 0 radical (unpaired) electrons. The van der Waals surface area contributed by atoms with Crippen molar-refractivity contribution in [1.82, 2.24) is 4.90 Å². The summed E-state index contributed by atoms with van der Waals surface area (Å²) in [5.41, 5.74) is 3.35. The van der Waals surface area contributed by atoms with E-state index in [1.54, 1.807) is 18.2 Å². The maximum absolute atomic E-state index is 14.6. The maximum Gasteiger partial charge on any atom is 0.250 e. The first-order chi connectivity index (χ1) is 17.1. The molecule has 35 heavy (non-hydrogen) atoms. The van der Waals surface area contributed by atoms with Crippen LogP contribution in [0.15, 0.2) is 66.7 Å². The predicted octanol–water partition coefficient (Wildman–Crippen LogP) is 4.54. The summed E-state index contributed by atoms with van der Waals surface area (Å²) in [6.07, 6.45) is 0. The van der Waals surface area contributed by atoms with E-state index < -0.39 is 11.5 Å². The number of benzene rings is 3. The van der Waals surface area contributed by atoms with Gasteiger partial charge in [-0.15, -0.1) is 11.8 Å². The molecular weight excluding hydrogens is 460 g/mol. The average molecular weight is 485 g/mol. The lowest BCUT2D eigenvalue weighted by Crippen LogP contribution is -2.52. The van der Waals surface area contributed by atoms with Crippen LogP contribution in [0, 0.1) is 12.8 Å². The van der Waals surface area contributed by atoms with E-state index in [2.05, 4.69) is 28.4 Å². The number of ketones is 1. The molecule has 0 aliphatic carbocycles. The summed E-state index contributed by atoms with van der Waals surface area (Å²) in [7, 11) is 0. The summed E-state index contributed by atoms with van der Waals surface area (Å²) in [6, 6.07) is 21.7. The number of amides is 1. The van der Waals surface area contributed by atoms with E-state index in [1.165, 1.54) is 0 Å². The third-order valence-corrected chi connectivity index (χ3v) is 8.94. The summed E-state index contributed by atoms with van der Waals surface area (Å²) in [6.45, 7) is 2.18. The lowest BCUT2D eigenvalue weighted by atomic mass is 9.69. The Morgan fingerprint density at radius 3 is 2.74 bits per heavy atom. The molecular formula is C28H24N2O4S. The van der Waals surface area contributed by atoms with Gasteiger partial charge >= 0.3 is 0 Å². The van der Waals surface area contributed by atoms with Crippen LogP contribution in [-0.4, -0.2) is 41.1 Å². The largest absolute Gasteiger partial charge is 0.454 e. The van der Waals surface area contributed by atoms with E-state index in [0.717, 1.165) is 28.1 Å². The van der Waals surface area contributed by atoms with Gasteiger partial charge in [-0.3, -0.25) is 14.5 Å². The smallest absolute Gasteiger partial charge is 0.250 e. The molecule has 1 amide bonds. The first-order valence-corrected chi connectivity index (χ1v) is 13.0. The van der Waals surface area contributed by atoms with Crippen molar-refractivity contribution in [3.63, 3.8) is 0 Å². The van der Waals surface area contributed by atoms with Crippen molar-refractivity contribution in [2.75, 3.05) is 23.7 Å². The van der Waals surface area contributed by atoms with Gasteiger partial charge in [0.05, 0.1) is 5.92 Å². The highest BCUT2D eigenvalue weighted by Crippen LogP contribution is 2.61. The number of fused-ring (bicyclic) bond motifs is 5. The minimum absolute atomic E-state index is 0.0407. The fourth-order valence-electron chi connectivity index (χ4n) is 6.47. The summed E-state index contributed by atoms with van der Waals surface area (Å²) in [5.74, 6) is 1.94. The number of nitrogens with one attached hydrogen (secondary N) is 1. The highest BCUT2D eigenvalue weighted by Gasteiger charge is 2.69. The lowest BCUT2D eigenvalue weighted by Gasteiger charge is -2.36. The number of thioether (sulfide) groups is 1. The number of hydrogen-bond donors (Lipinski definition) is 1. The van der Waals surface area contributed by atoms with Crippen molar-refractivity contribution >= 4 is 29.1 Å². The van der Waals surface area contributed by atoms with E-state index in [1.807, 2.05) is 49.0 Å². The van der Waals surface area contributed by atoms with E-state index in [0.29, 0.717) is 22.9 Å². The maximum atomic E-state index is 14.6. The molecule has 0 aromatic heterocycles. The third-order valence-electron chi connectivity index (χ3n) is 7.90. The standard InChI is InChI=1S/C28H24N2O4S/c1-16-7-9-20-19(11-16)28(27(32)29-20)25(26(31)18-8-10-22-23(12-18)34-15-33-22)24(17-5-3-2-4-6-17)21-13-35-14-30(21)28/h2-12,21,24-25H,13-15H2,1H3,(H,29,32)/t21-,24-,25-,28-/m1/s1. The number of Topliss-reactive ketones (excluding diaryl/α,β-unsaturated/α-hetero) is 1. The van der Waals surface area contributed by atoms with Gasteiger partial charge in [-0.05, 0) is 36.8 Å². The Labute approximate surface area is 207 Å². The highest BCUT2D eigenvalue weighted by atomic mass is 32.2. The third kappa shape index (κ3) is 2.82. The first kappa shape index (κ1) is 21.0. The van der Waals surface area contributed by atoms with Gasteiger partial charge < -0.3 is 14.8 Å². The summed E-state index contributed by atoms with van der Waals surface area (Å²) >= 11 is 1.83. The van der Waals surface area contributed by atoms with Gasteiger partial charge in [0.1, 0.15) is 5.54 Å². The molecule has 7 rings (SSSR count). The highest BCUT2D eigenvalue weighted by molar-refractivity contribution is 7.99. The second-order valence-electron chi connectivity index (χ2n) is 9.65. The molecule has 2 fully saturated rings. The van der Waals surface area contributed by atoms with Crippen LogP contribution in [0.3, 0.4) is 0 Å². The number of hydrogen-bond acceptors (Lipinski definition) is 6. The molecule has 4 aliphatic heterocycles. The molecule has 0 bridgehead atoms. The van der Waals surface area contributed by atoms with Crippen LogP contribution >= 0.6 is 11.8 Å². The number of ether oxygens (including phenoxy) is 2. The summed E-state index contributed by atoms with van der Waals surface area (Å²) < 4.78 is 11.1. The number of carbonyl (C=O) groups is 2. The van der Waals surface area contributed by atoms with Crippen LogP contribution in [0.25, 0.3) is 0 Å². The summed E-state index contributed by atoms with van der Waals surface area (Å²) in [5, 5.41) is 3.13. The number of nitrogens with zero attached hydrogens (tertiary/aromatic N) is 1. The predicted molar refractivity (Wildman–Crippen MR) is 134 cm³/mol. The van der Waals surface area contributed by atoms with Gasteiger partial charge in [0.15, 0.2) is 17.3 Å². The fraction of sp³-hybridized carbons (Fsp3) is 0.286. The van der Waals surface area contributed by atoms with Gasteiger partial charge in [-0.2, -0.15) is 0 Å². The van der Waals surface area contributed by atoms with Gasteiger partial charge in [0.2, 0.25) is 12.7 Å². The molecule has 1 N–H and O–H groups in total. The number of carbonyl (C=O) groups excluding carboxylic acids is 2. The van der Waals surface area contributed by atoms with Gasteiger partial charge in [0, 0.05) is 40.4 Å². The Morgan fingerprint density at radius 1 is 1.06 bits per heavy atom. The number of anilines is 1. The zero-order valence-electron chi connectivity index (χ0n) is 19.2. The zero-order chi connectivity index (χ0) is 23.7. The Balaban J connectivity index is 1.47. The SMILES string of the molecule is Cc1ccc2c(c1)[C@]1(C(=O)N2)[C@@H](C(=O)c2ccc3c(c2)OCO3)[C@H](c2ccccc2)[C@H]2CSCN21. The molecule has 4 atom stereocenters. The van der Waals surface area contributed by atoms with Crippen LogP contribution in [0.1, 0.15) is 33.0 Å². The van der Waals surface area contributed by atoms with Crippen LogP contribution < -0.4 is 14.8 Å². The minimum Gasteiger partial charge on any atom is -0.454 e. The zero-order valence-corrected chi connectivity index (χ0v) is 20.0. The van der Waals surface area contributed by atoms with Crippen molar-refractivity contribution in [1.29, 1.82) is 0 Å².